The molecule has 0 spiro atoms. The SMILES string of the molecule is COC(C=O)CNCc1cccc(NC(=O)COc2cccc(C=O)c2C(=O)NC2CCC(=O)NC2=O)c1. The Morgan fingerprint density at radius 2 is 1.95 bits per heavy atom. The number of piperidine rings is 1. The Morgan fingerprint density at radius 3 is 2.66 bits per heavy atom. The molecule has 2 atom stereocenters. The monoisotopic (exact) mass is 524 g/mol. The van der Waals surface area contributed by atoms with E-state index < -0.39 is 42.4 Å². The lowest BCUT2D eigenvalue weighted by molar-refractivity contribution is -0.134. The van der Waals surface area contributed by atoms with Crippen molar-refractivity contribution in [2.75, 3.05) is 25.6 Å². The molecule has 1 saturated heterocycles. The van der Waals surface area contributed by atoms with Gasteiger partial charge in [0.25, 0.3) is 11.8 Å². The molecule has 0 saturated carbocycles. The zero-order chi connectivity index (χ0) is 27.5. The molecular formula is C26H28N4O8. The number of carbonyl (C=O) groups is 6. The summed E-state index contributed by atoms with van der Waals surface area (Å²) in [5.74, 6) is -2.34. The van der Waals surface area contributed by atoms with Gasteiger partial charge in [-0.15, -0.1) is 0 Å². The molecule has 12 nitrogen and oxygen atoms in total. The minimum Gasteiger partial charge on any atom is -0.483 e. The van der Waals surface area contributed by atoms with Gasteiger partial charge in [-0.25, -0.2) is 0 Å². The Labute approximate surface area is 218 Å². The molecule has 2 aromatic rings. The van der Waals surface area contributed by atoms with Crippen molar-refractivity contribution >= 4 is 41.9 Å². The van der Waals surface area contributed by atoms with Gasteiger partial charge < -0.3 is 30.2 Å². The standard InChI is InChI=1S/C26H28N4O8/c1-37-19(14-32)12-27-11-16-4-2-6-18(10-16)28-23(34)15-38-21-7-3-5-17(13-31)24(21)26(36)29-20-8-9-22(33)30-25(20)35/h2-7,10,13-14,19-20,27H,8-9,11-12,15H2,1H3,(H,28,34)(H,29,36)(H,30,33,35). The number of hydrogen-bond donors (Lipinski definition) is 4. The number of anilines is 1. The highest BCUT2D eigenvalue weighted by Gasteiger charge is 2.29. The van der Waals surface area contributed by atoms with Crippen molar-refractivity contribution in [2.45, 2.75) is 31.5 Å². The number of carbonyl (C=O) groups excluding carboxylic acids is 6. The first kappa shape index (κ1) is 28.2. The number of hydrogen-bond acceptors (Lipinski definition) is 9. The molecule has 1 heterocycles. The number of benzene rings is 2. The lowest BCUT2D eigenvalue weighted by atomic mass is 10.0. The zero-order valence-electron chi connectivity index (χ0n) is 20.7. The number of amides is 4. The van der Waals surface area contributed by atoms with Gasteiger partial charge in [0.2, 0.25) is 11.8 Å². The van der Waals surface area contributed by atoms with Crippen molar-refractivity contribution in [3.05, 3.63) is 59.2 Å². The van der Waals surface area contributed by atoms with Crippen LogP contribution >= 0.6 is 0 Å². The van der Waals surface area contributed by atoms with Crippen LogP contribution in [0.3, 0.4) is 0 Å². The first-order chi connectivity index (χ1) is 18.3. The smallest absolute Gasteiger partial charge is 0.262 e. The van der Waals surface area contributed by atoms with E-state index in [9.17, 15) is 28.8 Å². The molecule has 38 heavy (non-hydrogen) atoms. The van der Waals surface area contributed by atoms with Crippen LogP contribution in [0.5, 0.6) is 5.75 Å². The van der Waals surface area contributed by atoms with Gasteiger partial charge in [-0.2, -0.15) is 0 Å². The van der Waals surface area contributed by atoms with Gasteiger partial charge in [-0.05, 0) is 30.2 Å². The molecule has 0 aromatic heterocycles. The summed E-state index contributed by atoms with van der Waals surface area (Å²) in [6.45, 7) is 0.320. The second-order valence-electron chi connectivity index (χ2n) is 8.39. The highest BCUT2D eigenvalue weighted by molar-refractivity contribution is 6.07. The van der Waals surface area contributed by atoms with Gasteiger partial charge in [0.15, 0.2) is 12.9 Å². The van der Waals surface area contributed by atoms with E-state index in [1.165, 1.54) is 25.3 Å². The predicted molar refractivity (Wildman–Crippen MR) is 135 cm³/mol. The Kier molecular flexibility index (Phi) is 10.2. The maximum absolute atomic E-state index is 12.9. The summed E-state index contributed by atoms with van der Waals surface area (Å²) in [6.07, 6.45) is 0.813. The van der Waals surface area contributed by atoms with Crippen LogP contribution in [0.15, 0.2) is 42.5 Å². The van der Waals surface area contributed by atoms with Crippen LogP contribution in [0, 0.1) is 0 Å². The third-order valence-corrected chi connectivity index (χ3v) is 5.66. The van der Waals surface area contributed by atoms with Crippen molar-refractivity contribution in [3.63, 3.8) is 0 Å². The molecule has 0 aliphatic carbocycles. The van der Waals surface area contributed by atoms with Crippen LogP contribution in [0.25, 0.3) is 0 Å². The number of ether oxygens (including phenoxy) is 2. The lowest BCUT2D eigenvalue weighted by Gasteiger charge is -2.22. The van der Waals surface area contributed by atoms with E-state index in [0.717, 1.165) is 5.56 Å². The van der Waals surface area contributed by atoms with Crippen LogP contribution in [-0.4, -0.2) is 68.6 Å². The minimum atomic E-state index is -0.948. The molecule has 1 fully saturated rings. The van der Waals surface area contributed by atoms with E-state index in [0.29, 0.717) is 31.3 Å². The average Bonchev–Trinajstić information content (AvgIpc) is 2.91. The highest BCUT2D eigenvalue weighted by atomic mass is 16.5. The van der Waals surface area contributed by atoms with Crippen molar-refractivity contribution in [2.24, 2.45) is 0 Å². The van der Waals surface area contributed by atoms with Gasteiger partial charge in [0, 0.05) is 37.9 Å². The Balaban J connectivity index is 1.61. The first-order valence-corrected chi connectivity index (χ1v) is 11.8. The average molecular weight is 525 g/mol. The number of imide groups is 1. The minimum absolute atomic E-state index is 0.0122. The first-order valence-electron chi connectivity index (χ1n) is 11.8. The molecule has 2 aromatic carbocycles. The Bertz CT molecular complexity index is 1220. The lowest BCUT2D eigenvalue weighted by Crippen LogP contribution is -2.52. The second kappa shape index (κ2) is 13.8. The number of methoxy groups -OCH3 is 1. The van der Waals surface area contributed by atoms with E-state index in [2.05, 4.69) is 21.3 Å². The molecular weight excluding hydrogens is 496 g/mol. The number of aldehydes is 2. The normalized spacial score (nSPS) is 15.7. The molecule has 4 amide bonds. The fourth-order valence-electron chi connectivity index (χ4n) is 3.72. The molecule has 3 rings (SSSR count). The summed E-state index contributed by atoms with van der Waals surface area (Å²) in [5.41, 5.74) is 1.25. The quantitative estimate of drug-likeness (QED) is 0.213. The number of rotatable bonds is 13. The molecule has 2 unspecified atom stereocenters. The molecule has 4 N–H and O–H groups in total. The van der Waals surface area contributed by atoms with E-state index in [1.807, 2.05) is 6.07 Å². The maximum atomic E-state index is 12.9. The van der Waals surface area contributed by atoms with E-state index in [1.54, 1.807) is 18.2 Å². The topological polar surface area (TPSA) is 169 Å². The van der Waals surface area contributed by atoms with E-state index in [-0.39, 0.29) is 29.7 Å². The summed E-state index contributed by atoms with van der Waals surface area (Å²) >= 11 is 0. The van der Waals surface area contributed by atoms with Gasteiger partial charge in [-0.3, -0.25) is 29.3 Å². The van der Waals surface area contributed by atoms with E-state index in [4.69, 9.17) is 9.47 Å². The molecule has 200 valence electrons. The summed E-state index contributed by atoms with van der Waals surface area (Å²) < 4.78 is 10.6. The van der Waals surface area contributed by atoms with Gasteiger partial charge in [-0.1, -0.05) is 24.3 Å². The fourth-order valence-corrected chi connectivity index (χ4v) is 3.72. The second-order valence-corrected chi connectivity index (χ2v) is 8.39. The van der Waals surface area contributed by atoms with Crippen LogP contribution < -0.4 is 26.0 Å². The van der Waals surface area contributed by atoms with Crippen LogP contribution in [0.1, 0.15) is 39.1 Å². The fraction of sp³-hybridized carbons (Fsp3) is 0.308. The molecule has 12 heteroatoms. The third-order valence-electron chi connectivity index (χ3n) is 5.66. The van der Waals surface area contributed by atoms with Crippen LogP contribution in [-0.2, 0) is 30.5 Å². The third kappa shape index (κ3) is 7.79. The molecule has 1 aliphatic heterocycles. The molecule has 1 aliphatic rings. The van der Waals surface area contributed by atoms with Gasteiger partial charge in [0.1, 0.15) is 24.2 Å². The van der Waals surface area contributed by atoms with Gasteiger partial charge in [0.05, 0.1) is 5.56 Å². The van der Waals surface area contributed by atoms with Crippen molar-refractivity contribution < 1.29 is 38.2 Å². The maximum Gasteiger partial charge on any atom is 0.262 e. The summed E-state index contributed by atoms with van der Waals surface area (Å²) in [6, 6.07) is 10.4. The van der Waals surface area contributed by atoms with Crippen LogP contribution in [0.4, 0.5) is 5.69 Å². The van der Waals surface area contributed by atoms with E-state index >= 15 is 0 Å². The van der Waals surface area contributed by atoms with Crippen molar-refractivity contribution in [1.29, 1.82) is 0 Å². The summed E-state index contributed by atoms with van der Waals surface area (Å²) in [5, 5.41) is 10.4. The summed E-state index contributed by atoms with van der Waals surface area (Å²) in [4.78, 5) is 71.3. The van der Waals surface area contributed by atoms with Gasteiger partial charge >= 0.3 is 0 Å². The predicted octanol–water partition coefficient (Wildman–Crippen LogP) is 0.355. The highest BCUT2D eigenvalue weighted by Crippen LogP contribution is 2.22. The number of nitrogens with one attached hydrogen (secondary N) is 4. The summed E-state index contributed by atoms with van der Waals surface area (Å²) in [7, 11) is 1.45. The molecule has 0 radical (unpaired) electrons. The largest absolute Gasteiger partial charge is 0.483 e. The molecule has 0 bridgehead atoms. The van der Waals surface area contributed by atoms with Crippen molar-refractivity contribution in [3.8, 4) is 5.75 Å². The van der Waals surface area contributed by atoms with Crippen LogP contribution in [0.2, 0.25) is 0 Å². The van der Waals surface area contributed by atoms with Crippen molar-refractivity contribution in [1.82, 2.24) is 16.0 Å². The Hall–Kier alpha value is -4.42. The zero-order valence-corrected chi connectivity index (χ0v) is 20.7. The Morgan fingerprint density at radius 1 is 1.16 bits per heavy atom.